The van der Waals surface area contributed by atoms with Crippen LogP contribution >= 0.6 is 11.6 Å². The maximum Gasteiger partial charge on any atom is 0.0724 e. The summed E-state index contributed by atoms with van der Waals surface area (Å²) in [7, 11) is 0. The van der Waals surface area contributed by atoms with E-state index in [-0.39, 0.29) is 0 Å². The summed E-state index contributed by atoms with van der Waals surface area (Å²) >= 11 is 6.11. The van der Waals surface area contributed by atoms with E-state index < -0.39 is 0 Å². The average molecular weight is 438 g/mol. The maximum absolute atomic E-state index is 6.11. The maximum atomic E-state index is 6.11. The van der Waals surface area contributed by atoms with Gasteiger partial charge in [0.15, 0.2) is 0 Å². The molecule has 32 heavy (non-hydrogen) atoms. The molecule has 3 aromatic carbocycles. The highest BCUT2D eigenvalue weighted by molar-refractivity contribution is 6.31. The zero-order chi connectivity index (χ0) is 22.3. The lowest BCUT2D eigenvalue weighted by atomic mass is 9.94. The molecule has 0 radical (unpaired) electrons. The summed E-state index contributed by atoms with van der Waals surface area (Å²) in [5.74, 6) is 0. The van der Waals surface area contributed by atoms with Gasteiger partial charge in [-0.25, -0.2) is 4.98 Å². The van der Waals surface area contributed by atoms with E-state index in [4.69, 9.17) is 16.6 Å². The molecule has 1 heterocycles. The van der Waals surface area contributed by atoms with Crippen LogP contribution in [0, 0.1) is 0 Å². The fourth-order valence-corrected chi connectivity index (χ4v) is 4.16. The molecule has 0 saturated heterocycles. The SMILES string of the molecule is C=C(CC)c1ccccc1CCCc1cccc(/C=C/c2ccc3ccc(Cl)cc3n2)c1. The minimum Gasteiger partial charge on any atom is -0.248 e. The topological polar surface area (TPSA) is 12.9 Å². The van der Waals surface area contributed by atoms with Crippen molar-refractivity contribution < 1.29 is 0 Å². The van der Waals surface area contributed by atoms with Gasteiger partial charge >= 0.3 is 0 Å². The molecule has 0 N–H and O–H groups in total. The zero-order valence-corrected chi connectivity index (χ0v) is 19.3. The summed E-state index contributed by atoms with van der Waals surface area (Å²) in [4.78, 5) is 4.71. The van der Waals surface area contributed by atoms with Crippen LogP contribution in [0.3, 0.4) is 0 Å². The molecule has 1 aromatic heterocycles. The van der Waals surface area contributed by atoms with Crippen LogP contribution in [-0.2, 0) is 12.8 Å². The second kappa shape index (κ2) is 10.4. The molecule has 0 aliphatic rings. The molecule has 0 saturated carbocycles. The van der Waals surface area contributed by atoms with Crippen molar-refractivity contribution in [2.75, 3.05) is 0 Å². The number of hydrogen-bond donors (Lipinski definition) is 0. The molecule has 0 aliphatic heterocycles. The van der Waals surface area contributed by atoms with Crippen LogP contribution in [0.5, 0.6) is 0 Å². The van der Waals surface area contributed by atoms with Crippen LogP contribution in [0.2, 0.25) is 5.02 Å². The van der Waals surface area contributed by atoms with Gasteiger partial charge in [0.25, 0.3) is 0 Å². The minimum absolute atomic E-state index is 0.709. The second-order valence-corrected chi connectivity index (χ2v) is 8.56. The molecule has 4 rings (SSSR count). The van der Waals surface area contributed by atoms with Gasteiger partial charge in [0.1, 0.15) is 0 Å². The number of rotatable bonds is 8. The number of nitrogens with zero attached hydrogens (tertiary/aromatic N) is 1. The highest BCUT2D eigenvalue weighted by Crippen LogP contribution is 2.23. The van der Waals surface area contributed by atoms with E-state index >= 15 is 0 Å². The number of halogens is 1. The van der Waals surface area contributed by atoms with Gasteiger partial charge < -0.3 is 0 Å². The van der Waals surface area contributed by atoms with Crippen molar-refractivity contribution in [3.63, 3.8) is 0 Å². The van der Waals surface area contributed by atoms with Gasteiger partial charge in [0, 0.05) is 10.4 Å². The number of aryl methyl sites for hydroxylation is 2. The smallest absolute Gasteiger partial charge is 0.0724 e. The Morgan fingerprint density at radius 1 is 0.906 bits per heavy atom. The molecular weight excluding hydrogens is 410 g/mol. The van der Waals surface area contributed by atoms with Gasteiger partial charge in [-0.3, -0.25) is 0 Å². The molecule has 0 amide bonds. The largest absolute Gasteiger partial charge is 0.248 e. The van der Waals surface area contributed by atoms with E-state index in [1.807, 2.05) is 24.3 Å². The molecule has 4 aromatic rings. The average Bonchev–Trinajstić information content (AvgIpc) is 2.82. The van der Waals surface area contributed by atoms with E-state index in [0.717, 1.165) is 42.3 Å². The third-order valence-electron chi connectivity index (χ3n) is 5.81. The van der Waals surface area contributed by atoms with Gasteiger partial charge in [-0.1, -0.05) is 91.8 Å². The Hall–Kier alpha value is -3.16. The van der Waals surface area contributed by atoms with Gasteiger partial charge in [0.05, 0.1) is 11.2 Å². The van der Waals surface area contributed by atoms with Crippen LogP contribution in [0.4, 0.5) is 0 Å². The molecule has 2 heteroatoms. The lowest BCUT2D eigenvalue weighted by Crippen LogP contribution is -1.95. The summed E-state index contributed by atoms with van der Waals surface area (Å²) in [6.45, 7) is 6.40. The van der Waals surface area contributed by atoms with Gasteiger partial charge in [-0.05, 0) is 77.8 Å². The van der Waals surface area contributed by atoms with Crippen molar-refractivity contribution in [2.24, 2.45) is 0 Å². The lowest BCUT2D eigenvalue weighted by molar-refractivity contribution is 0.818. The molecule has 0 fully saturated rings. The van der Waals surface area contributed by atoms with Crippen LogP contribution in [0.25, 0.3) is 28.6 Å². The first-order chi connectivity index (χ1) is 15.6. The third kappa shape index (κ3) is 5.55. The number of hydrogen-bond acceptors (Lipinski definition) is 1. The van der Waals surface area contributed by atoms with E-state index in [2.05, 4.69) is 80.3 Å². The normalized spacial score (nSPS) is 11.3. The van der Waals surface area contributed by atoms with Crippen LogP contribution in [0.1, 0.15) is 47.7 Å². The quantitative estimate of drug-likeness (QED) is 0.268. The van der Waals surface area contributed by atoms with E-state index in [9.17, 15) is 0 Å². The molecule has 0 bridgehead atoms. The summed E-state index contributed by atoms with van der Waals surface area (Å²) in [6.07, 6.45) is 8.42. The first-order valence-corrected chi connectivity index (χ1v) is 11.6. The standard InChI is InChI=1S/C30H28ClN/c1-3-22(2)29-13-5-4-11-25(29)12-7-10-23-8-6-9-24(20-23)14-18-28-19-16-26-15-17-27(31)21-30(26)32-28/h4-6,8-9,11,13-21H,2-3,7,10,12H2,1H3/b18-14+. The van der Waals surface area contributed by atoms with Crippen LogP contribution < -0.4 is 0 Å². The minimum atomic E-state index is 0.709. The Bertz CT molecular complexity index is 1270. The molecule has 0 unspecified atom stereocenters. The summed E-state index contributed by atoms with van der Waals surface area (Å²) < 4.78 is 0. The lowest BCUT2D eigenvalue weighted by Gasteiger charge is -2.11. The Morgan fingerprint density at radius 2 is 1.75 bits per heavy atom. The van der Waals surface area contributed by atoms with Gasteiger partial charge in [-0.15, -0.1) is 0 Å². The number of pyridine rings is 1. The number of benzene rings is 3. The predicted molar refractivity (Wildman–Crippen MR) is 140 cm³/mol. The summed E-state index contributed by atoms with van der Waals surface area (Å²) in [5.41, 5.74) is 8.33. The number of aromatic nitrogens is 1. The Labute approximate surface area is 196 Å². The highest BCUT2D eigenvalue weighted by Gasteiger charge is 2.05. The molecule has 160 valence electrons. The Balaban J connectivity index is 1.41. The van der Waals surface area contributed by atoms with Crippen LogP contribution in [0.15, 0.2) is 85.4 Å². The monoisotopic (exact) mass is 437 g/mol. The Morgan fingerprint density at radius 3 is 2.62 bits per heavy atom. The molecule has 0 aliphatic carbocycles. The van der Waals surface area contributed by atoms with E-state index in [1.54, 1.807) is 0 Å². The van der Waals surface area contributed by atoms with Crippen molar-refractivity contribution in [3.8, 4) is 0 Å². The van der Waals surface area contributed by atoms with Gasteiger partial charge in [0.2, 0.25) is 0 Å². The van der Waals surface area contributed by atoms with Crippen molar-refractivity contribution >= 4 is 40.2 Å². The van der Waals surface area contributed by atoms with E-state index in [0.29, 0.717) is 5.02 Å². The van der Waals surface area contributed by atoms with Crippen molar-refractivity contribution in [1.82, 2.24) is 4.98 Å². The van der Waals surface area contributed by atoms with Crippen molar-refractivity contribution in [1.29, 1.82) is 0 Å². The molecule has 0 spiro atoms. The van der Waals surface area contributed by atoms with E-state index in [1.165, 1.54) is 27.8 Å². The summed E-state index contributed by atoms with van der Waals surface area (Å²) in [5, 5.41) is 1.80. The first-order valence-electron chi connectivity index (χ1n) is 11.2. The van der Waals surface area contributed by atoms with Crippen molar-refractivity contribution in [2.45, 2.75) is 32.6 Å². The number of fused-ring (bicyclic) bond motifs is 1. The Kier molecular flexibility index (Phi) is 7.19. The molecule has 1 nitrogen and oxygen atoms in total. The van der Waals surface area contributed by atoms with Crippen LogP contribution in [-0.4, -0.2) is 4.98 Å². The van der Waals surface area contributed by atoms with Crippen molar-refractivity contribution in [3.05, 3.63) is 118 Å². The summed E-state index contributed by atoms with van der Waals surface area (Å²) in [6, 6.07) is 27.3. The zero-order valence-electron chi connectivity index (χ0n) is 18.5. The predicted octanol–water partition coefficient (Wildman–Crippen LogP) is 8.66. The number of allylic oxidation sites excluding steroid dienone is 1. The highest BCUT2D eigenvalue weighted by atomic mass is 35.5. The third-order valence-corrected chi connectivity index (χ3v) is 6.04. The van der Waals surface area contributed by atoms with Gasteiger partial charge in [-0.2, -0.15) is 0 Å². The second-order valence-electron chi connectivity index (χ2n) is 8.12. The first kappa shape index (κ1) is 22.0. The fourth-order valence-electron chi connectivity index (χ4n) is 3.99. The fraction of sp³-hybridized carbons (Fsp3) is 0.167. The molecular formula is C30H28ClN. The molecule has 0 atom stereocenters.